The van der Waals surface area contributed by atoms with Gasteiger partial charge >= 0.3 is 0 Å². The van der Waals surface area contributed by atoms with Gasteiger partial charge in [-0.15, -0.1) is 11.8 Å². The monoisotopic (exact) mass is 157 g/mol. The van der Waals surface area contributed by atoms with Crippen molar-refractivity contribution in [2.75, 3.05) is 12.3 Å². The Morgan fingerprint density at radius 1 is 1.70 bits per heavy atom. The summed E-state index contributed by atoms with van der Waals surface area (Å²) in [5.41, 5.74) is 0. The first kappa shape index (κ1) is 9.47. The van der Waals surface area contributed by atoms with Crippen LogP contribution in [0.4, 0.5) is 0 Å². The van der Waals surface area contributed by atoms with Crippen molar-refractivity contribution in [2.45, 2.75) is 13.3 Å². The van der Waals surface area contributed by atoms with E-state index in [0.717, 1.165) is 12.2 Å². The first-order chi connectivity index (χ1) is 4.91. The van der Waals surface area contributed by atoms with Gasteiger partial charge in [-0.3, -0.25) is 0 Å². The third-order valence-electron chi connectivity index (χ3n) is 0.829. The highest BCUT2D eigenvalue weighted by atomic mass is 32.2. The molecule has 0 N–H and O–H groups in total. The fraction of sp³-hybridized carbons (Fsp3) is 0.571. The zero-order chi connectivity index (χ0) is 7.66. The molecule has 56 valence electrons. The van der Waals surface area contributed by atoms with Gasteiger partial charge < -0.3 is 0 Å². The molecule has 0 fully saturated rings. The Hall–Kier alpha value is -0.530. The molecule has 10 heavy (non-hydrogen) atoms. The molecule has 0 aliphatic rings. The van der Waals surface area contributed by atoms with Crippen LogP contribution < -0.4 is 0 Å². The van der Waals surface area contributed by atoms with E-state index in [4.69, 9.17) is 0 Å². The molecule has 0 spiro atoms. The van der Waals surface area contributed by atoms with Crippen molar-refractivity contribution >= 4 is 17.8 Å². The Balaban J connectivity index is 2.97. The van der Waals surface area contributed by atoms with Crippen LogP contribution in [-0.2, 0) is 4.79 Å². The summed E-state index contributed by atoms with van der Waals surface area (Å²) in [5.74, 6) is 1.02. The van der Waals surface area contributed by atoms with Gasteiger partial charge in [0.15, 0.2) is 0 Å². The van der Waals surface area contributed by atoms with E-state index >= 15 is 0 Å². The van der Waals surface area contributed by atoms with E-state index in [1.807, 2.05) is 18.4 Å². The van der Waals surface area contributed by atoms with Crippen LogP contribution in [0.2, 0.25) is 0 Å². The van der Waals surface area contributed by atoms with Crippen LogP contribution in [0.15, 0.2) is 16.5 Å². The lowest BCUT2D eigenvalue weighted by molar-refractivity contribution is 0.563. The second kappa shape index (κ2) is 8.47. The molecule has 0 aliphatic heterocycles. The molecule has 0 rings (SSSR count). The van der Waals surface area contributed by atoms with Crippen LogP contribution in [0.5, 0.6) is 0 Å². The highest BCUT2D eigenvalue weighted by molar-refractivity contribution is 8.02. The second-order valence-electron chi connectivity index (χ2n) is 1.67. The molecule has 0 saturated carbocycles. The average molecular weight is 157 g/mol. The third kappa shape index (κ3) is 7.47. The lowest BCUT2D eigenvalue weighted by Gasteiger charge is -1.89. The standard InChI is InChI=1S/C7H11NOS/c1-2-5-10-6-3-4-8-7-9/h2,5H,3-4,6H2,1H3. The Kier molecular flexibility index (Phi) is 8.02. The lowest BCUT2D eigenvalue weighted by atomic mass is 10.5. The fourth-order valence-electron chi connectivity index (χ4n) is 0.437. The number of aliphatic imine (C=N–C) groups is 1. The highest BCUT2D eigenvalue weighted by Gasteiger charge is 1.82. The molecule has 0 unspecified atom stereocenters. The van der Waals surface area contributed by atoms with Gasteiger partial charge in [0.1, 0.15) is 0 Å². The van der Waals surface area contributed by atoms with Crippen LogP contribution in [-0.4, -0.2) is 18.4 Å². The van der Waals surface area contributed by atoms with E-state index in [1.165, 1.54) is 6.08 Å². The van der Waals surface area contributed by atoms with Crippen molar-refractivity contribution in [3.8, 4) is 0 Å². The van der Waals surface area contributed by atoms with E-state index in [-0.39, 0.29) is 0 Å². The predicted octanol–water partition coefficient (Wildman–Crippen LogP) is 1.98. The number of carbonyl (C=O) groups excluding carboxylic acids is 1. The van der Waals surface area contributed by atoms with Gasteiger partial charge in [-0.25, -0.2) is 9.79 Å². The van der Waals surface area contributed by atoms with E-state index < -0.39 is 0 Å². The summed E-state index contributed by atoms with van der Waals surface area (Å²) in [6.07, 6.45) is 4.45. The van der Waals surface area contributed by atoms with Gasteiger partial charge in [0.25, 0.3) is 0 Å². The summed E-state index contributed by atoms with van der Waals surface area (Å²) in [4.78, 5) is 13.0. The molecular weight excluding hydrogens is 146 g/mol. The fourth-order valence-corrected chi connectivity index (χ4v) is 1.06. The van der Waals surface area contributed by atoms with Crippen molar-refractivity contribution < 1.29 is 4.79 Å². The predicted molar refractivity (Wildman–Crippen MR) is 44.9 cm³/mol. The molecular formula is C7H11NOS. The Morgan fingerprint density at radius 3 is 3.10 bits per heavy atom. The molecule has 0 amide bonds. The van der Waals surface area contributed by atoms with E-state index in [1.54, 1.807) is 11.8 Å². The molecule has 0 aromatic heterocycles. The number of allylic oxidation sites excluding steroid dienone is 1. The topological polar surface area (TPSA) is 29.4 Å². The normalized spacial score (nSPS) is 9.70. The first-order valence-electron chi connectivity index (χ1n) is 3.18. The quantitative estimate of drug-likeness (QED) is 0.347. The van der Waals surface area contributed by atoms with E-state index in [2.05, 4.69) is 4.99 Å². The summed E-state index contributed by atoms with van der Waals surface area (Å²) in [5, 5.41) is 2.03. The summed E-state index contributed by atoms with van der Waals surface area (Å²) in [6.45, 7) is 2.59. The number of rotatable bonds is 5. The lowest BCUT2D eigenvalue weighted by Crippen LogP contribution is -1.81. The summed E-state index contributed by atoms with van der Waals surface area (Å²) >= 11 is 1.73. The molecule has 0 aliphatic carbocycles. The van der Waals surface area contributed by atoms with Crippen molar-refractivity contribution in [1.82, 2.24) is 0 Å². The van der Waals surface area contributed by atoms with Crippen molar-refractivity contribution in [2.24, 2.45) is 4.99 Å². The van der Waals surface area contributed by atoms with Gasteiger partial charge in [-0.2, -0.15) is 0 Å². The summed E-state index contributed by atoms with van der Waals surface area (Å²) < 4.78 is 0. The number of hydrogen-bond acceptors (Lipinski definition) is 3. The van der Waals surface area contributed by atoms with Gasteiger partial charge in [0.2, 0.25) is 6.08 Å². The molecule has 0 saturated heterocycles. The third-order valence-corrected chi connectivity index (χ3v) is 1.82. The minimum Gasteiger partial charge on any atom is -0.211 e. The van der Waals surface area contributed by atoms with Crippen molar-refractivity contribution in [3.63, 3.8) is 0 Å². The molecule has 0 heterocycles. The molecule has 2 nitrogen and oxygen atoms in total. The maximum Gasteiger partial charge on any atom is 0.234 e. The SMILES string of the molecule is CC=CSCCCN=C=O. The largest absolute Gasteiger partial charge is 0.234 e. The smallest absolute Gasteiger partial charge is 0.211 e. The summed E-state index contributed by atoms with van der Waals surface area (Å²) in [6, 6.07) is 0. The maximum atomic E-state index is 9.58. The van der Waals surface area contributed by atoms with Crippen LogP contribution >= 0.6 is 11.8 Å². The number of hydrogen-bond donors (Lipinski definition) is 0. The van der Waals surface area contributed by atoms with Gasteiger partial charge in [0, 0.05) is 0 Å². The zero-order valence-electron chi connectivity index (χ0n) is 6.04. The molecule has 0 radical (unpaired) electrons. The average Bonchev–Trinajstić information content (AvgIpc) is 1.97. The Morgan fingerprint density at radius 2 is 2.50 bits per heavy atom. The summed E-state index contributed by atoms with van der Waals surface area (Å²) in [7, 11) is 0. The van der Waals surface area contributed by atoms with Gasteiger partial charge in [-0.05, 0) is 24.5 Å². The second-order valence-corrected chi connectivity index (χ2v) is 2.68. The first-order valence-corrected chi connectivity index (χ1v) is 4.23. The minimum atomic E-state index is 0.605. The van der Waals surface area contributed by atoms with Crippen LogP contribution in [0.25, 0.3) is 0 Å². The molecule has 3 heteroatoms. The number of thioether (sulfide) groups is 1. The van der Waals surface area contributed by atoms with Crippen LogP contribution in [0.3, 0.4) is 0 Å². The molecule has 0 aromatic rings. The Bertz CT molecular complexity index is 139. The minimum absolute atomic E-state index is 0.605. The van der Waals surface area contributed by atoms with Gasteiger partial charge in [0.05, 0.1) is 6.54 Å². The molecule has 0 aromatic carbocycles. The molecule has 0 bridgehead atoms. The molecule has 0 atom stereocenters. The van der Waals surface area contributed by atoms with Gasteiger partial charge in [-0.1, -0.05) is 6.08 Å². The van der Waals surface area contributed by atoms with Crippen molar-refractivity contribution in [1.29, 1.82) is 0 Å². The van der Waals surface area contributed by atoms with Crippen molar-refractivity contribution in [3.05, 3.63) is 11.5 Å². The van der Waals surface area contributed by atoms with Crippen LogP contribution in [0, 0.1) is 0 Å². The highest BCUT2D eigenvalue weighted by Crippen LogP contribution is 2.02. The van der Waals surface area contributed by atoms with E-state index in [9.17, 15) is 4.79 Å². The zero-order valence-corrected chi connectivity index (χ0v) is 6.86. The van der Waals surface area contributed by atoms with E-state index in [0.29, 0.717) is 6.54 Å². The maximum absolute atomic E-state index is 9.58. The van der Waals surface area contributed by atoms with Crippen LogP contribution in [0.1, 0.15) is 13.3 Å². The Labute approximate surface area is 65.4 Å². The number of isocyanates is 1. The number of nitrogens with zero attached hydrogens (tertiary/aromatic N) is 1.